The van der Waals surface area contributed by atoms with Crippen LogP contribution in [0.2, 0.25) is 0 Å². The lowest BCUT2D eigenvalue weighted by Gasteiger charge is -2.19. The van der Waals surface area contributed by atoms with Gasteiger partial charge in [-0.15, -0.1) is 8.78 Å². The lowest BCUT2D eigenvalue weighted by atomic mass is 10.0. The van der Waals surface area contributed by atoms with Gasteiger partial charge in [0.1, 0.15) is 0 Å². The van der Waals surface area contributed by atoms with Crippen LogP contribution in [0.4, 0.5) is 8.78 Å². The molecular weight excluding hydrogens is 222 g/mol. The highest BCUT2D eigenvalue weighted by molar-refractivity contribution is 7.81. The third kappa shape index (κ3) is 1.88. The van der Waals surface area contributed by atoms with Crippen molar-refractivity contribution < 1.29 is 18.3 Å². The first-order valence-corrected chi connectivity index (χ1v) is 4.86. The van der Waals surface area contributed by atoms with E-state index in [0.29, 0.717) is 5.56 Å². The van der Waals surface area contributed by atoms with Crippen LogP contribution < -0.4 is 9.47 Å². The van der Waals surface area contributed by atoms with Gasteiger partial charge in [0.15, 0.2) is 11.5 Å². The Kier molecular flexibility index (Phi) is 2.12. The highest BCUT2D eigenvalue weighted by atomic mass is 32.1. The van der Waals surface area contributed by atoms with Gasteiger partial charge in [-0.3, -0.25) is 0 Å². The molecule has 82 valence electrons. The van der Waals surface area contributed by atoms with Crippen molar-refractivity contribution in [2.75, 3.05) is 0 Å². The van der Waals surface area contributed by atoms with Crippen molar-refractivity contribution in [2.45, 2.75) is 24.9 Å². The molecule has 2 nitrogen and oxygen atoms in total. The molecule has 5 heteroatoms. The van der Waals surface area contributed by atoms with Gasteiger partial charge in [-0.1, -0.05) is 12.1 Å². The average molecular weight is 232 g/mol. The lowest BCUT2D eigenvalue weighted by Crippen LogP contribution is -2.26. The van der Waals surface area contributed by atoms with Crippen LogP contribution in [0.3, 0.4) is 0 Å². The van der Waals surface area contributed by atoms with Crippen LogP contribution in [0, 0.1) is 0 Å². The fraction of sp³-hybridized carbons (Fsp3) is 0.400. The van der Waals surface area contributed by atoms with Crippen molar-refractivity contribution in [3.63, 3.8) is 0 Å². The van der Waals surface area contributed by atoms with Gasteiger partial charge in [-0.25, -0.2) is 0 Å². The highest BCUT2D eigenvalue weighted by Gasteiger charge is 2.45. The lowest BCUT2D eigenvalue weighted by molar-refractivity contribution is -0.287. The van der Waals surface area contributed by atoms with Crippen LogP contribution in [0.5, 0.6) is 11.5 Å². The maximum Gasteiger partial charge on any atom is 0.586 e. The molecule has 0 N–H and O–H groups in total. The smallest absolute Gasteiger partial charge is 0.395 e. The molecule has 1 aliphatic rings. The van der Waals surface area contributed by atoms with Gasteiger partial charge in [0.05, 0.1) is 0 Å². The van der Waals surface area contributed by atoms with E-state index in [9.17, 15) is 8.78 Å². The summed E-state index contributed by atoms with van der Waals surface area (Å²) in [5, 5.41) is 0. The molecule has 0 fully saturated rings. The molecule has 0 saturated carbocycles. The molecule has 1 aromatic rings. The number of para-hydroxylation sites is 1. The Bertz CT molecular complexity index is 399. The summed E-state index contributed by atoms with van der Waals surface area (Å²) in [4.78, 5) is 0. The first-order valence-electron chi connectivity index (χ1n) is 4.41. The molecule has 0 spiro atoms. The van der Waals surface area contributed by atoms with Gasteiger partial charge >= 0.3 is 6.29 Å². The number of ether oxygens (including phenoxy) is 2. The van der Waals surface area contributed by atoms with Crippen LogP contribution in [0.1, 0.15) is 19.4 Å². The van der Waals surface area contributed by atoms with Crippen molar-refractivity contribution in [3.8, 4) is 11.5 Å². The maximum atomic E-state index is 12.8. The highest BCUT2D eigenvalue weighted by Crippen LogP contribution is 2.47. The van der Waals surface area contributed by atoms with Gasteiger partial charge < -0.3 is 9.47 Å². The van der Waals surface area contributed by atoms with E-state index in [1.165, 1.54) is 6.07 Å². The fourth-order valence-corrected chi connectivity index (χ4v) is 1.63. The summed E-state index contributed by atoms with van der Waals surface area (Å²) in [6.07, 6.45) is -3.57. The van der Waals surface area contributed by atoms with Crippen molar-refractivity contribution in [1.29, 1.82) is 0 Å². The third-order valence-electron chi connectivity index (χ3n) is 2.09. The van der Waals surface area contributed by atoms with E-state index in [0.717, 1.165) is 0 Å². The van der Waals surface area contributed by atoms with E-state index in [-0.39, 0.29) is 11.5 Å². The molecular formula is C10H10F2O2S. The number of benzene rings is 1. The minimum Gasteiger partial charge on any atom is -0.395 e. The predicted molar refractivity (Wildman–Crippen MR) is 54.7 cm³/mol. The normalized spacial score (nSPS) is 17.9. The molecule has 1 heterocycles. The zero-order valence-electron chi connectivity index (χ0n) is 8.25. The van der Waals surface area contributed by atoms with Crippen LogP contribution >= 0.6 is 12.6 Å². The number of halogens is 2. The summed E-state index contributed by atoms with van der Waals surface area (Å²) < 4.78 is 33.9. The van der Waals surface area contributed by atoms with Crippen molar-refractivity contribution in [2.24, 2.45) is 0 Å². The van der Waals surface area contributed by atoms with Crippen LogP contribution in [0.25, 0.3) is 0 Å². The first-order chi connectivity index (χ1) is 6.80. The van der Waals surface area contributed by atoms with E-state index in [1.54, 1.807) is 26.0 Å². The maximum absolute atomic E-state index is 12.8. The largest absolute Gasteiger partial charge is 0.586 e. The van der Waals surface area contributed by atoms with Crippen molar-refractivity contribution >= 4 is 12.6 Å². The monoisotopic (exact) mass is 232 g/mol. The number of hydrogen-bond donors (Lipinski definition) is 1. The Balaban J connectivity index is 2.51. The van der Waals surface area contributed by atoms with Crippen molar-refractivity contribution in [1.82, 2.24) is 0 Å². The summed E-state index contributed by atoms with van der Waals surface area (Å²) in [7, 11) is 0. The SMILES string of the molecule is CC(C)(S)c1cccc2c1OC(F)(F)O2. The number of hydrogen-bond acceptors (Lipinski definition) is 3. The third-order valence-corrected chi connectivity index (χ3v) is 2.33. The molecule has 0 bridgehead atoms. The van der Waals surface area contributed by atoms with Gasteiger partial charge in [-0.2, -0.15) is 12.6 Å². The Labute approximate surface area is 91.6 Å². The molecule has 0 atom stereocenters. The summed E-state index contributed by atoms with van der Waals surface area (Å²) >= 11 is 4.32. The summed E-state index contributed by atoms with van der Waals surface area (Å²) in [5.41, 5.74) is 0.584. The molecule has 15 heavy (non-hydrogen) atoms. The molecule has 0 aliphatic carbocycles. The molecule has 1 aliphatic heterocycles. The summed E-state index contributed by atoms with van der Waals surface area (Å²) in [6.45, 7) is 3.59. The molecule has 0 aromatic heterocycles. The first kappa shape index (κ1) is 10.5. The van der Waals surface area contributed by atoms with Gasteiger partial charge in [0, 0.05) is 10.3 Å². The average Bonchev–Trinajstić information content (AvgIpc) is 2.35. The second kappa shape index (κ2) is 3.01. The Morgan fingerprint density at radius 2 is 1.93 bits per heavy atom. The van der Waals surface area contributed by atoms with Gasteiger partial charge in [0.25, 0.3) is 0 Å². The number of thiol groups is 1. The second-order valence-corrected chi connectivity index (χ2v) is 4.98. The molecule has 0 saturated heterocycles. The molecule has 1 aromatic carbocycles. The Morgan fingerprint density at radius 1 is 1.27 bits per heavy atom. The quantitative estimate of drug-likeness (QED) is 0.750. The standard InChI is InChI=1S/C10H10F2O2S/c1-9(2,15)6-4-3-5-7-8(6)14-10(11,12)13-7/h3-5,15H,1-2H3. The van der Waals surface area contributed by atoms with Crippen LogP contribution in [-0.4, -0.2) is 6.29 Å². The van der Waals surface area contributed by atoms with E-state index in [1.807, 2.05) is 0 Å². The zero-order chi connectivity index (χ0) is 11.3. The van der Waals surface area contributed by atoms with E-state index < -0.39 is 11.0 Å². The number of fused-ring (bicyclic) bond motifs is 1. The topological polar surface area (TPSA) is 18.5 Å². The zero-order valence-corrected chi connectivity index (χ0v) is 9.15. The number of alkyl halides is 2. The van der Waals surface area contributed by atoms with E-state index >= 15 is 0 Å². The minimum absolute atomic E-state index is 0.0552. The Hall–Kier alpha value is -0.970. The predicted octanol–water partition coefficient (Wildman–Crippen LogP) is 3.17. The van der Waals surface area contributed by atoms with E-state index in [4.69, 9.17) is 0 Å². The van der Waals surface area contributed by atoms with Crippen molar-refractivity contribution in [3.05, 3.63) is 23.8 Å². The molecule has 0 radical (unpaired) electrons. The minimum atomic E-state index is -3.57. The molecule has 2 rings (SSSR count). The van der Waals surface area contributed by atoms with Crippen LogP contribution in [0.15, 0.2) is 18.2 Å². The van der Waals surface area contributed by atoms with Gasteiger partial charge in [0.2, 0.25) is 0 Å². The van der Waals surface area contributed by atoms with E-state index in [2.05, 4.69) is 22.1 Å². The fourth-order valence-electron chi connectivity index (χ4n) is 1.45. The Morgan fingerprint density at radius 3 is 2.53 bits per heavy atom. The van der Waals surface area contributed by atoms with Gasteiger partial charge in [-0.05, 0) is 19.9 Å². The van der Waals surface area contributed by atoms with Crippen LogP contribution in [-0.2, 0) is 4.75 Å². The molecule has 0 amide bonds. The summed E-state index contributed by atoms with van der Waals surface area (Å²) in [6, 6.07) is 4.77. The molecule has 0 unspecified atom stereocenters. The summed E-state index contributed by atoms with van der Waals surface area (Å²) in [5.74, 6) is 0.127. The second-order valence-electron chi connectivity index (χ2n) is 3.86. The number of rotatable bonds is 1.